The molecule has 0 aliphatic rings. The summed E-state index contributed by atoms with van der Waals surface area (Å²) in [6.07, 6.45) is 1.60. The van der Waals surface area contributed by atoms with Crippen LogP contribution < -0.4 is 0 Å². The van der Waals surface area contributed by atoms with E-state index in [9.17, 15) is 4.79 Å². The Labute approximate surface area is 102 Å². The van der Waals surface area contributed by atoms with Crippen LogP contribution in [0, 0.1) is 0 Å². The van der Waals surface area contributed by atoms with Gasteiger partial charge in [0.25, 0.3) is 0 Å². The Hall–Kier alpha value is -1.02. The molecule has 16 heavy (non-hydrogen) atoms. The zero-order valence-electron chi connectivity index (χ0n) is 9.92. The van der Waals surface area contributed by atoms with Gasteiger partial charge in [-0.05, 0) is 38.0 Å². The fraction of sp³-hybridized carbons (Fsp3) is 0.462. The number of hydrogen-bond acceptors (Lipinski definition) is 2. The number of ether oxygens (including phenoxy) is 1. The molecular weight excluding hydrogens is 224 g/mol. The van der Waals surface area contributed by atoms with E-state index >= 15 is 0 Å². The van der Waals surface area contributed by atoms with E-state index in [-0.39, 0.29) is 11.6 Å². The van der Waals surface area contributed by atoms with Crippen molar-refractivity contribution in [2.45, 2.75) is 39.2 Å². The van der Waals surface area contributed by atoms with E-state index < -0.39 is 0 Å². The van der Waals surface area contributed by atoms with E-state index in [4.69, 9.17) is 16.3 Å². The van der Waals surface area contributed by atoms with Gasteiger partial charge in [0.1, 0.15) is 5.60 Å². The van der Waals surface area contributed by atoms with Crippen molar-refractivity contribution in [1.82, 2.24) is 0 Å². The molecule has 88 valence electrons. The second-order valence-electron chi connectivity index (χ2n) is 4.06. The zero-order valence-corrected chi connectivity index (χ0v) is 10.7. The van der Waals surface area contributed by atoms with Crippen molar-refractivity contribution >= 4 is 17.6 Å². The van der Waals surface area contributed by atoms with E-state index in [1.807, 2.05) is 20.8 Å². The molecule has 0 aliphatic carbocycles. The van der Waals surface area contributed by atoms with E-state index in [1.165, 1.54) is 0 Å². The molecule has 0 heterocycles. The highest BCUT2D eigenvalue weighted by atomic mass is 35.5. The summed E-state index contributed by atoms with van der Waals surface area (Å²) in [7, 11) is 0. The summed E-state index contributed by atoms with van der Waals surface area (Å²) < 4.78 is 5.48. The maximum atomic E-state index is 11.8. The van der Waals surface area contributed by atoms with Crippen LogP contribution in [0.1, 0.15) is 44.0 Å². The van der Waals surface area contributed by atoms with Gasteiger partial charge in [-0.2, -0.15) is 0 Å². The minimum absolute atomic E-state index is 0.311. The van der Waals surface area contributed by atoms with Gasteiger partial charge in [-0.1, -0.05) is 31.5 Å². The molecule has 0 saturated heterocycles. The molecule has 0 radical (unpaired) electrons. The molecule has 0 unspecified atom stereocenters. The first-order valence-electron chi connectivity index (χ1n) is 5.49. The fourth-order valence-corrected chi connectivity index (χ4v) is 1.48. The number of esters is 1. The molecule has 0 saturated carbocycles. The van der Waals surface area contributed by atoms with Crippen LogP contribution in [0.2, 0.25) is 5.02 Å². The quantitative estimate of drug-likeness (QED) is 0.742. The molecule has 0 atom stereocenters. The molecule has 0 aromatic heterocycles. The minimum Gasteiger partial charge on any atom is -0.456 e. The minimum atomic E-state index is -0.389. The van der Waals surface area contributed by atoms with Gasteiger partial charge in [0.2, 0.25) is 0 Å². The van der Waals surface area contributed by atoms with Crippen molar-refractivity contribution in [3.8, 4) is 0 Å². The lowest BCUT2D eigenvalue weighted by molar-refractivity contribution is -0.0130. The lowest BCUT2D eigenvalue weighted by Gasteiger charge is -2.26. The van der Waals surface area contributed by atoms with Crippen LogP contribution in [0.5, 0.6) is 0 Å². The monoisotopic (exact) mass is 240 g/mol. The largest absolute Gasteiger partial charge is 0.456 e. The number of hydrogen-bond donors (Lipinski definition) is 0. The predicted octanol–water partition coefficient (Wildman–Crippen LogP) is 4.08. The van der Waals surface area contributed by atoms with E-state index in [2.05, 4.69) is 0 Å². The van der Waals surface area contributed by atoms with Gasteiger partial charge in [-0.25, -0.2) is 4.79 Å². The average Bonchev–Trinajstić information content (AvgIpc) is 2.29. The standard InChI is InChI=1S/C13H17ClO2/c1-4-13(3,5-2)16-12(15)10-7-6-8-11(14)9-10/h6-9H,4-5H2,1-3H3. The smallest absolute Gasteiger partial charge is 0.338 e. The Morgan fingerprint density at radius 2 is 2.00 bits per heavy atom. The highest BCUT2D eigenvalue weighted by molar-refractivity contribution is 6.30. The molecule has 0 amide bonds. The lowest BCUT2D eigenvalue weighted by Crippen LogP contribution is -2.30. The van der Waals surface area contributed by atoms with Crippen molar-refractivity contribution in [2.75, 3.05) is 0 Å². The predicted molar refractivity (Wildman–Crippen MR) is 65.9 cm³/mol. The summed E-state index contributed by atoms with van der Waals surface area (Å²) in [6.45, 7) is 5.96. The van der Waals surface area contributed by atoms with Gasteiger partial charge in [0, 0.05) is 5.02 Å². The summed E-state index contributed by atoms with van der Waals surface area (Å²) in [6, 6.07) is 6.81. The molecule has 0 bridgehead atoms. The molecule has 1 rings (SSSR count). The molecular formula is C13H17ClO2. The van der Waals surface area contributed by atoms with E-state index in [0.717, 1.165) is 12.8 Å². The Morgan fingerprint density at radius 1 is 1.38 bits per heavy atom. The Morgan fingerprint density at radius 3 is 2.50 bits per heavy atom. The number of rotatable bonds is 4. The third kappa shape index (κ3) is 3.24. The van der Waals surface area contributed by atoms with Gasteiger partial charge >= 0.3 is 5.97 Å². The Bertz CT molecular complexity index is 370. The first-order valence-corrected chi connectivity index (χ1v) is 5.87. The van der Waals surface area contributed by atoms with Crippen molar-refractivity contribution in [3.63, 3.8) is 0 Å². The van der Waals surface area contributed by atoms with Crippen LogP contribution >= 0.6 is 11.6 Å². The SMILES string of the molecule is CCC(C)(CC)OC(=O)c1cccc(Cl)c1. The van der Waals surface area contributed by atoms with Crippen molar-refractivity contribution in [1.29, 1.82) is 0 Å². The maximum Gasteiger partial charge on any atom is 0.338 e. The van der Waals surface area contributed by atoms with Gasteiger partial charge in [-0.3, -0.25) is 0 Å². The molecule has 0 N–H and O–H groups in total. The third-order valence-electron chi connectivity index (χ3n) is 2.90. The number of carbonyl (C=O) groups is 1. The van der Waals surface area contributed by atoms with Gasteiger partial charge in [0.05, 0.1) is 5.56 Å². The van der Waals surface area contributed by atoms with Crippen LogP contribution in [0.25, 0.3) is 0 Å². The zero-order chi connectivity index (χ0) is 12.2. The van der Waals surface area contributed by atoms with Gasteiger partial charge in [-0.15, -0.1) is 0 Å². The molecule has 0 fully saturated rings. The van der Waals surface area contributed by atoms with Crippen molar-refractivity contribution in [2.24, 2.45) is 0 Å². The molecule has 2 nitrogen and oxygen atoms in total. The Balaban J connectivity index is 2.80. The van der Waals surface area contributed by atoms with Crippen LogP contribution in [-0.2, 0) is 4.74 Å². The van der Waals surface area contributed by atoms with Crippen molar-refractivity contribution < 1.29 is 9.53 Å². The lowest BCUT2D eigenvalue weighted by atomic mass is 10.00. The summed E-state index contributed by atoms with van der Waals surface area (Å²) in [4.78, 5) is 11.8. The molecule has 0 spiro atoms. The van der Waals surface area contributed by atoms with Crippen LogP contribution in [0.15, 0.2) is 24.3 Å². The normalized spacial score (nSPS) is 11.2. The number of halogens is 1. The Kier molecular flexibility index (Phi) is 4.36. The van der Waals surface area contributed by atoms with Gasteiger partial charge < -0.3 is 4.74 Å². The molecule has 1 aromatic carbocycles. The van der Waals surface area contributed by atoms with E-state index in [0.29, 0.717) is 10.6 Å². The van der Waals surface area contributed by atoms with Gasteiger partial charge in [0.15, 0.2) is 0 Å². The molecule has 1 aromatic rings. The maximum absolute atomic E-state index is 11.8. The second-order valence-corrected chi connectivity index (χ2v) is 4.49. The molecule has 0 aliphatic heterocycles. The van der Waals surface area contributed by atoms with Crippen LogP contribution in [0.3, 0.4) is 0 Å². The summed E-state index contributed by atoms with van der Waals surface area (Å²) >= 11 is 5.82. The van der Waals surface area contributed by atoms with Crippen LogP contribution in [-0.4, -0.2) is 11.6 Å². The number of carbonyl (C=O) groups excluding carboxylic acids is 1. The highest BCUT2D eigenvalue weighted by Crippen LogP contribution is 2.22. The fourth-order valence-electron chi connectivity index (χ4n) is 1.29. The number of benzene rings is 1. The summed E-state index contributed by atoms with van der Waals surface area (Å²) in [5.41, 5.74) is 0.111. The summed E-state index contributed by atoms with van der Waals surface area (Å²) in [5.74, 6) is -0.311. The average molecular weight is 241 g/mol. The van der Waals surface area contributed by atoms with Crippen LogP contribution in [0.4, 0.5) is 0 Å². The molecule has 3 heteroatoms. The topological polar surface area (TPSA) is 26.3 Å². The first-order chi connectivity index (χ1) is 7.50. The summed E-state index contributed by atoms with van der Waals surface area (Å²) in [5, 5.41) is 0.546. The second kappa shape index (κ2) is 5.35. The first kappa shape index (κ1) is 13.0. The highest BCUT2D eigenvalue weighted by Gasteiger charge is 2.25. The third-order valence-corrected chi connectivity index (χ3v) is 3.13. The van der Waals surface area contributed by atoms with Crippen molar-refractivity contribution in [3.05, 3.63) is 34.9 Å². The van der Waals surface area contributed by atoms with E-state index in [1.54, 1.807) is 24.3 Å².